The van der Waals surface area contributed by atoms with Gasteiger partial charge in [0, 0.05) is 0 Å². The Hall–Kier alpha value is -1.57. The summed E-state index contributed by atoms with van der Waals surface area (Å²) in [5.41, 5.74) is 5.56. The first-order valence-corrected chi connectivity index (χ1v) is 8.73. The third-order valence-corrected chi connectivity index (χ3v) is 5.93. The minimum absolute atomic E-state index is 0.159. The maximum Gasteiger partial charge on any atom is 0.307 e. The molecule has 1 fully saturated rings. The molecule has 0 aromatic heterocycles. The van der Waals surface area contributed by atoms with Crippen molar-refractivity contribution in [2.24, 2.45) is 17.8 Å². The highest BCUT2D eigenvalue weighted by Gasteiger charge is 2.34. The van der Waals surface area contributed by atoms with Gasteiger partial charge in [-0.05, 0) is 73.0 Å². The van der Waals surface area contributed by atoms with Gasteiger partial charge in [0.15, 0.2) is 0 Å². The molecule has 1 N–H and O–H groups in total. The van der Waals surface area contributed by atoms with E-state index in [0.29, 0.717) is 5.92 Å². The molecule has 2 nitrogen and oxygen atoms in total. The van der Waals surface area contributed by atoms with Gasteiger partial charge < -0.3 is 5.11 Å². The summed E-state index contributed by atoms with van der Waals surface area (Å²) in [6, 6.07) is 0. The predicted molar refractivity (Wildman–Crippen MR) is 87.4 cm³/mol. The number of hydrogen-bond acceptors (Lipinski definition) is 1. The van der Waals surface area contributed by atoms with Crippen LogP contribution in [0.5, 0.6) is 0 Å². The van der Waals surface area contributed by atoms with Crippen LogP contribution in [0.2, 0.25) is 0 Å². The Labute approximate surface area is 132 Å². The second kappa shape index (κ2) is 5.57. The van der Waals surface area contributed by atoms with Crippen LogP contribution in [0.25, 0.3) is 0 Å². The predicted octanol–water partition coefficient (Wildman–Crippen LogP) is 4.80. The van der Waals surface area contributed by atoms with Crippen molar-refractivity contribution < 1.29 is 9.90 Å². The lowest BCUT2D eigenvalue weighted by Gasteiger charge is -2.40. The third kappa shape index (κ3) is 2.60. The molecular weight excluding hydrogens is 272 g/mol. The highest BCUT2D eigenvalue weighted by molar-refractivity contribution is 5.71. The molecule has 3 atom stereocenters. The zero-order chi connectivity index (χ0) is 15.1. The first kappa shape index (κ1) is 14.0. The third-order valence-electron chi connectivity index (χ3n) is 5.93. The largest absolute Gasteiger partial charge is 0.481 e. The van der Waals surface area contributed by atoms with Crippen LogP contribution in [0.1, 0.15) is 51.4 Å². The van der Waals surface area contributed by atoms with Gasteiger partial charge in [-0.2, -0.15) is 0 Å². The van der Waals surface area contributed by atoms with Crippen LogP contribution < -0.4 is 0 Å². The van der Waals surface area contributed by atoms with Gasteiger partial charge in [0.05, 0.1) is 6.42 Å². The van der Waals surface area contributed by atoms with Crippen molar-refractivity contribution in [2.45, 2.75) is 51.4 Å². The average molecular weight is 296 g/mol. The van der Waals surface area contributed by atoms with E-state index in [1.54, 1.807) is 5.57 Å². The molecule has 22 heavy (non-hydrogen) atoms. The number of allylic oxidation sites excluding steroid dienone is 7. The van der Waals surface area contributed by atoms with Gasteiger partial charge in [-0.1, -0.05) is 36.3 Å². The number of rotatable bonds is 2. The average Bonchev–Trinajstić information content (AvgIpc) is 2.50. The van der Waals surface area contributed by atoms with Crippen LogP contribution >= 0.6 is 0 Å². The van der Waals surface area contributed by atoms with Crippen molar-refractivity contribution in [1.29, 1.82) is 0 Å². The lowest BCUT2D eigenvalue weighted by Crippen LogP contribution is -2.26. The number of aliphatic carboxylic acids is 1. The van der Waals surface area contributed by atoms with E-state index in [0.717, 1.165) is 23.8 Å². The Morgan fingerprint density at radius 3 is 2.73 bits per heavy atom. The fraction of sp³-hybridized carbons (Fsp3) is 0.550. The lowest BCUT2D eigenvalue weighted by molar-refractivity contribution is -0.136. The summed E-state index contributed by atoms with van der Waals surface area (Å²) in [7, 11) is 0. The number of hydrogen-bond donors (Lipinski definition) is 1. The first-order chi connectivity index (χ1) is 10.7. The molecule has 4 rings (SSSR count). The Bertz CT molecular complexity index is 618. The fourth-order valence-corrected chi connectivity index (χ4v) is 4.82. The smallest absolute Gasteiger partial charge is 0.307 e. The maximum atomic E-state index is 10.9. The second-order valence-electron chi connectivity index (χ2n) is 7.40. The summed E-state index contributed by atoms with van der Waals surface area (Å²) >= 11 is 0. The Morgan fingerprint density at radius 2 is 1.86 bits per heavy atom. The molecule has 0 amide bonds. The van der Waals surface area contributed by atoms with E-state index in [4.69, 9.17) is 5.11 Å². The van der Waals surface area contributed by atoms with Gasteiger partial charge in [0.1, 0.15) is 0 Å². The van der Waals surface area contributed by atoms with Crippen molar-refractivity contribution in [3.8, 4) is 0 Å². The molecule has 0 radical (unpaired) electrons. The molecule has 1 saturated carbocycles. The minimum atomic E-state index is -0.729. The Kier molecular flexibility index (Phi) is 3.56. The highest BCUT2D eigenvalue weighted by atomic mass is 16.4. The first-order valence-electron chi connectivity index (χ1n) is 8.73. The van der Waals surface area contributed by atoms with Crippen molar-refractivity contribution in [3.05, 3.63) is 46.6 Å². The van der Waals surface area contributed by atoms with Crippen LogP contribution in [-0.4, -0.2) is 11.1 Å². The molecule has 0 aromatic carbocycles. The van der Waals surface area contributed by atoms with Gasteiger partial charge in [-0.15, -0.1) is 0 Å². The van der Waals surface area contributed by atoms with Crippen molar-refractivity contribution >= 4 is 5.97 Å². The minimum Gasteiger partial charge on any atom is -0.481 e. The molecule has 0 heterocycles. The summed E-state index contributed by atoms with van der Waals surface area (Å²) in [5, 5.41) is 8.98. The molecule has 2 heteroatoms. The maximum absolute atomic E-state index is 10.9. The summed E-state index contributed by atoms with van der Waals surface area (Å²) in [5.74, 6) is 1.48. The molecular formula is C20H24O2. The quantitative estimate of drug-likeness (QED) is 0.794. The lowest BCUT2D eigenvalue weighted by atomic mass is 9.65. The van der Waals surface area contributed by atoms with E-state index < -0.39 is 5.97 Å². The molecule has 0 aliphatic heterocycles. The molecule has 4 aliphatic rings. The monoisotopic (exact) mass is 296 g/mol. The van der Waals surface area contributed by atoms with Crippen LogP contribution in [0.4, 0.5) is 0 Å². The van der Waals surface area contributed by atoms with E-state index in [1.165, 1.54) is 49.7 Å². The molecule has 0 aromatic rings. The summed E-state index contributed by atoms with van der Waals surface area (Å²) in [6.07, 6.45) is 18.4. The Balaban J connectivity index is 1.62. The van der Waals surface area contributed by atoms with Gasteiger partial charge in [-0.3, -0.25) is 4.79 Å². The number of carboxylic acid groups (broad SMARTS) is 1. The van der Waals surface area contributed by atoms with Crippen LogP contribution in [-0.2, 0) is 4.79 Å². The molecule has 4 aliphatic carbocycles. The van der Waals surface area contributed by atoms with Crippen molar-refractivity contribution in [2.75, 3.05) is 0 Å². The number of carboxylic acids is 1. The van der Waals surface area contributed by atoms with Gasteiger partial charge in [-0.25, -0.2) is 0 Å². The Morgan fingerprint density at radius 1 is 1.05 bits per heavy atom. The standard InChI is InChI=1S/C20H24O2/c21-20(22)8-13-5-6-16-11-18-9-14-3-1-2-4-15(14)10-19(18)12-17(16)7-13/h5,7,10,12,14,16,18H,1-4,6,8-9,11H2,(H,21,22)/t14-,16-,18-/m0/s1. The topological polar surface area (TPSA) is 37.3 Å². The molecule has 0 saturated heterocycles. The molecule has 0 unspecified atom stereocenters. The zero-order valence-electron chi connectivity index (χ0n) is 13.1. The van der Waals surface area contributed by atoms with Crippen molar-refractivity contribution in [1.82, 2.24) is 0 Å². The van der Waals surface area contributed by atoms with Crippen molar-refractivity contribution in [3.63, 3.8) is 0 Å². The SMILES string of the molecule is O=C(O)CC1=CC[C@H]2C[C@@H]3C[C@@H]4CCCCC4=CC3=CC2=C1. The van der Waals surface area contributed by atoms with Gasteiger partial charge in [0.25, 0.3) is 0 Å². The van der Waals surface area contributed by atoms with Crippen LogP contribution in [0.15, 0.2) is 46.6 Å². The molecule has 0 spiro atoms. The van der Waals surface area contributed by atoms with E-state index in [9.17, 15) is 4.79 Å². The van der Waals surface area contributed by atoms with E-state index in [1.807, 2.05) is 0 Å². The highest BCUT2D eigenvalue weighted by Crippen LogP contribution is 2.48. The van der Waals surface area contributed by atoms with E-state index >= 15 is 0 Å². The van der Waals surface area contributed by atoms with E-state index in [2.05, 4.69) is 24.3 Å². The van der Waals surface area contributed by atoms with E-state index in [-0.39, 0.29) is 6.42 Å². The zero-order valence-corrected chi connectivity index (χ0v) is 13.1. The number of fused-ring (bicyclic) bond motifs is 3. The summed E-state index contributed by atoms with van der Waals surface area (Å²) < 4.78 is 0. The van der Waals surface area contributed by atoms with Crippen LogP contribution in [0, 0.1) is 17.8 Å². The summed E-state index contributed by atoms with van der Waals surface area (Å²) in [4.78, 5) is 10.9. The van der Waals surface area contributed by atoms with Gasteiger partial charge >= 0.3 is 5.97 Å². The second-order valence-corrected chi connectivity index (χ2v) is 7.40. The summed E-state index contributed by atoms with van der Waals surface area (Å²) in [6.45, 7) is 0. The van der Waals surface area contributed by atoms with Crippen LogP contribution in [0.3, 0.4) is 0 Å². The normalized spacial score (nSPS) is 33.4. The molecule has 116 valence electrons. The fourth-order valence-electron chi connectivity index (χ4n) is 4.82. The van der Waals surface area contributed by atoms with Gasteiger partial charge in [0.2, 0.25) is 0 Å². The number of carbonyl (C=O) groups is 1. The molecule has 0 bridgehead atoms.